The standard InChI is InChI=1S/C46H47F3N4O/c1-31(2)25-43(45(37-15-9-7-10-16-37,38-17-11-8-12-18-38)50-44(54)36-27-33(5)26-34(6)28-36)53-30-42(41-20-14-13-19-40(41)32(3)4)52(51-53)29-35-21-23-39(24-22-35)46(47,48)49/h7-24,26-28,30-32,43H,25,29H2,1-6H3/p+1/t43-/m0/s1. The lowest BCUT2D eigenvalue weighted by atomic mass is 9.73. The van der Waals surface area contributed by atoms with Gasteiger partial charge in [0.1, 0.15) is 12.1 Å². The molecule has 54 heavy (non-hydrogen) atoms. The first-order chi connectivity index (χ1) is 25.8. The number of rotatable bonds is 12. The van der Waals surface area contributed by atoms with Gasteiger partial charge in [-0.2, -0.15) is 13.2 Å². The Morgan fingerprint density at radius 1 is 0.741 bits per heavy atom. The first kappa shape index (κ1) is 38.2. The van der Waals surface area contributed by atoms with Gasteiger partial charge in [-0.25, -0.2) is 0 Å². The number of nitrogens with one attached hydrogen (secondary N) is 1. The van der Waals surface area contributed by atoms with Crippen LogP contribution in [0.5, 0.6) is 0 Å². The summed E-state index contributed by atoms with van der Waals surface area (Å²) < 4.78 is 44.4. The topological polar surface area (TPSA) is 50.8 Å². The lowest BCUT2D eigenvalue weighted by molar-refractivity contribution is -0.787. The molecule has 1 N–H and O–H groups in total. The highest BCUT2D eigenvalue weighted by atomic mass is 19.4. The summed E-state index contributed by atoms with van der Waals surface area (Å²) in [4.78, 5) is 14.7. The predicted octanol–water partition coefficient (Wildman–Crippen LogP) is 10.6. The summed E-state index contributed by atoms with van der Waals surface area (Å²) in [6, 6.07) is 39.0. The van der Waals surface area contributed by atoms with Crippen LogP contribution in [0.1, 0.15) is 95.4 Å². The maximum Gasteiger partial charge on any atom is 0.416 e. The molecule has 0 saturated carbocycles. The molecule has 5 nitrogen and oxygen atoms in total. The van der Waals surface area contributed by atoms with Crippen molar-refractivity contribution in [3.63, 3.8) is 0 Å². The molecule has 1 aromatic heterocycles. The van der Waals surface area contributed by atoms with Crippen molar-refractivity contribution in [2.45, 2.75) is 78.2 Å². The maximum atomic E-state index is 14.7. The third-order valence-electron chi connectivity index (χ3n) is 9.98. The first-order valence-corrected chi connectivity index (χ1v) is 18.5. The molecule has 0 saturated heterocycles. The Kier molecular flexibility index (Phi) is 11.2. The van der Waals surface area contributed by atoms with Gasteiger partial charge < -0.3 is 5.32 Å². The van der Waals surface area contributed by atoms with Crippen LogP contribution in [-0.2, 0) is 18.3 Å². The van der Waals surface area contributed by atoms with Crippen molar-refractivity contribution < 1.29 is 22.6 Å². The lowest BCUT2D eigenvalue weighted by Gasteiger charge is -2.40. The molecule has 0 unspecified atom stereocenters. The van der Waals surface area contributed by atoms with Crippen LogP contribution in [0.25, 0.3) is 11.3 Å². The van der Waals surface area contributed by atoms with Gasteiger partial charge in [-0.05, 0) is 78.6 Å². The number of alkyl halides is 3. The second-order valence-electron chi connectivity index (χ2n) is 15.0. The summed E-state index contributed by atoms with van der Waals surface area (Å²) in [5, 5.41) is 8.88. The number of carbonyl (C=O) groups excluding carboxylic acids is 1. The molecule has 0 radical (unpaired) electrons. The van der Waals surface area contributed by atoms with E-state index in [1.54, 1.807) is 0 Å². The fourth-order valence-corrected chi connectivity index (χ4v) is 7.54. The second-order valence-corrected chi connectivity index (χ2v) is 15.0. The maximum absolute atomic E-state index is 14.7. The normalized spacial score (nSPS) is 12.6. The van der Waals surface area contributed by atoms with E-state index in [9.17, 15) is 18.0 Å². The number of aryl methyl sites for hydroxylation is 2. The Morgan fingerprint density at radius 2 is 1.30 bits per heavy atom. The van der Waals surface area contributed by atoms with E-state index in [0.29, 0.717) is 17.5 Å². The van der Waals surface area contributed by atoms with Gasteiger partial charge in [0.2, 0.25) is 0 Å². The van der Waals surface area contributed by atoms with Gasteiger partial charge in [-0.1, -0.05) is 142 Å². The average Bonchev–Trinajstić information content (AvgIpc) is 3.56. The third-order valence-corrected chi connectivity index (χ3v) is 9.98. The number of carbonyl (C=O) groups is 1. The number of hydrogen-bond acceptors (Lipinski definition) is 2. The Bertz CT molecular complexity index is 2130. The first-order valence-electron chi connectivity index (χ1n) is 18.5. The summed E-state index contributed by atoms with van der Waals surface area (Å²) >= 11 is 0. The second kappa shape index (κ2) is 15.8. The fourth-order valence-electron chi connectivity index (χ4n) is 7.54. The number of hydrogen-bond donors (Lipinski definition) is 1. The van der Waals surface area contributed by atoms with Crippen molar-refractivity contribution >= 4 is 5.91 Å². The minimum absolute atomic E-state index is 0.180. The van der Waals surface area contributed by atoms with Crippen molar-refractivity contribution in [1.29, 1.82) is 0 Å². The van der Waals surface area contributed by atoms with Crippen LogP contribution in [-0.4, -0.2) is 15.8 Å². The zero-order valence-corrected chi connectivity index (χ0v) is 31.7. The van der Waals surface area contributed by atoms with Gasteiger partial charge in [-0.3, -0.25) is 4.79 Å². The average molecular weight is 730 g/mol. The van der Waals surface area contributed by atoms with Crippen molar-refractivity contribution in [3.05, 3.63) is 178 Å². The van der Waals surface area contributed by atoms with Crippen molar-refractivity contribution in [1.82, 2.24) is 15.2 Å². The highest BCUT2D eigenvalue weighted by Crippen LogP contribution is 2.42. The smallest absolute Gasteiger partial charge is 0.334 e. The van der Waals surface area contributed by atoms with Gasteiger partial charge in [-0.15, -0.1) is 9.36 Å². The summed E-state index contributed by atoms with van der Waals surface area (Å²) in [7, 11) is 0. The Hall–Kier alpha value is -5.50. The molecule has 0 fully saturated rings. The molecule has 0 bridgehead atoms. The molecule has 6 rings (SSSR count). The van der Waals surface area contributed by atoms with Crippen LogP contribution in [0.4, 0.5) is 13.2 Å². The van der Waals surface area contributed by atoms with E-state index in [4.69, 9.17) is 5.21 Å². The number of aromatic nitrogens is 3. The molecule has 278 valence electrons. The van der Waals surface area contributed by atoms with Crippen LogP contribution < -0.4 is 10.00 Å². The molecule has 0 aliphatic rings. The number of halogens is 3. The van der Waals surface area contributed by atoms with Gasteiger partial charge in [0.05, 0.1) is 10.8 Å². The van der Waals surface area contributed by atoms with Crippen LogP contribution in [0.3, 0.4) is 0 Å². The largest absolute Gasteiger partial charge is 0.416 e. The highest BCUT2D eigenvalue weighted by Gasteiger charge is 2.49. The van der Waals surface area contributed by atoms with Gasteiger partial charge in [0.25, 0.3) is 5.91 Å². The minimum Gasteiger partial charge on any atom is -0.334 e. The summed E-state index contributed by atoms with van der Waals surface area (Å²) in [6.45, 7) is 12.8. The highest BCUT2D eigenvalue weighted by molar-refractivity contribution is 5.95. The van der Waals surface area contributed by atoms with Crippen molar-refractivity contribution in [2.24, 2.45) is 5.92 Å². The van der Waals surface area contributed by atoms with Crippen molar-refractivity contribution in [3.8, 4) is 11.3 Å². The molecule has 0 aliphatic heterocycles. The van der Waals surface area contributed by atoms with E-state index >= 15 is 0 Å². The Morgan fingerprint density at radius 3 is 1.83 bits per heavy atom. The summed E-state index contributed by atoms with van der Waals surface area (Å²) in [5.74, 6) is 0.164. The molecule has 6 aromatic rings. The van der Waals surface area contributed by atoms with Gasteiger partial charge >= 0.3 is 6.18 Å². The molecule has 1 amide bonds. The van der Waals surface area contributed by atoms with E-state index in [1.165, 1.54) is 12.1 Å². The molecular weight excluding hydrogens is 682 g/mol. The predicted molar refractivity (Wildman–Crippen MR) is 208 cm³/mol. The van der Waals surface area contributed by atoms with E-state index in [1.807, 2.05) is 90.1 Å². The van der Waals surface area contributed by atoms with Crippen LogP contribution in [0.2, 0.25) is 0 Å². The molecule has 8 heteroatoms. The molecule has 0 aliphatic carbocycles. The zero-order valence-electron chi connectivity index (χ0n) is 31.7. The number of benzene rings is 5. The Balaban J connectivity index is 1.61. The molecule has 0 spiro atoms. The molecular formula is C46H48F3N4O+. The van der Waals surface area contributed by atoms with Crippen LogP contribution in [0.15, 0.2) is 134 Å². The molecule has 1 atom stereocenters. The number of amides is 1. The minimum atomic E-state index is -4.43. The molecule has 1 heterocycles. The fraction of sp³-hybridized carbons (Fsp3) is 0.283. The van der Waals surface area contributed by atoms with Gasteiger partial charge in [0.15, 0.2) is 17.9 Å². The SMILES string of the molecule is Cc1cc(C)cc(C(=O)NC(c2ccccc2)(c2ccccc2)[C@H](CC(C)C)[n+]2cc(-c3ccccc3C(C)C)n(Cc3ccc(C(F)(F)F)cc3)n2)c1. The van der Waals surface area contributed by atoms with Crippen LogP contribution >= 0.6 is 0 Å². The quantitative estimate of drug-likeness (QED) is 0.128. The number of nitrogens with zero attached hydrogens (tertiary/aromatic N) is 3. The lowest BCUT2D eigenvalue weighted by Crippen LogP contribution is -2.61. The zero-order chi connectivity index (χ0) is 38.6. The Labute approximate surface area is 316 Å². The monoisotopic (exact) mass is 729 g/mol. The van der Waals surface area contributed by atoms with E-state index in [0.717, 1.165) is 51.2 Å². The van der Waals surface area contributed by atoms with Crippen molar-refractivity contribution in [2.75, 3.05) is 0 Å². The summed E-state index contributed by atoms with van der Waals surface area (Å²) in [6.07, 6.45) is -1.76. The molecule has 5 aromatic carbocycles. The van der Waals surface area contributed by atoms with Gasteiger partial charge in [0, 0.05) is 11.1 Å². The van der Waals surface area contributed by atoms with E-state index in [2.05, 4.69) is 75.5 Å². The summed E-state index contributed by atoms with van der Waals surface area (Å²) in [5.41, 5.74) is 6.16. The third kappa shape index (κ3) is 8.18. The van der Waals surface area contributed by atoms with E-state index < -0.39 is 23.3 Å². The van der Waals surface area contributed by atoms with Crippen LogP contribution in [0, 0.1) is 19.8 Å². The van der Waals surface area contributed by atoms with E-state index in [-0.39, 0.29) is 24.3 Å².